The number of nitrogens with one attached hydrogen (secondary N) is 3. The van der Waals surface area contributed by atoms with Gasteiger partial charge in [0.25, 0.3) is 5.91 Å². The monoisotopic (exact) mass is 765 g/mol. The second-order valence-electron chi connectivity index (χ2n) is 14.3. The molecule has 3 heterocycles. The maximum Gasteiger partial charge on any atom is 0.426 e. The molecule has 1 aliphatic heterocycles. The molecule has 282 valence electrons. The van der Waals surface area contributed by atoms with Gasteiger partial charge < -0.3 is 19.7 Å². The van der Waals surface area contributed by atoms with Crippen molar-refractivity contribution in [2.45, 2.75) is 100 Å². The topological polar surface area (TPSA) is 189 Å². The number of aromatic nitrogens is 2. The number of nitrogens with zero attached hydrogens (tertiary/aromatic N) is 4. The van der Waals surface area contributed by atoms with Crippen molar-refractivity contribution in [2.75, 3.05) is 6.54 Å². The minimum atomic E-state index is -3.90. The van der Waals surface area contributed by atoms with Crippen LogP contribution in [0.4, 0.5) is 9.59 Å². The molecule has 3 N–H and O–H groups in total. The third-order valence-corrected chi connectivity index (χ3v) is 12.8. The molecule has 0 radical (unpaired) electrons. The number of carbonyl (C=O) groups is 4. The number of benzene rings is 1. The van der Waals surface area contributed by atoms with E-state index in [1.807, 2.05) is 41.8 Å². The van der Waals surface area contributed by atoms with Gasteiger partial charge in [0.1, 0.15) is 29.5 Å². The average molecular weight is 766 g/mol. The van der Waals surface area contributed by atoms with Gasteiger partial charge in [0, 0.05) is 18.4 Å². The van der Waals surface area contributed by atoms with E-state index in [9.17, 15) is 27.6 Å². The van der Waals surface area contributed by atoms with Crippen molar-refractivity contribution in [3.05, 3.63) is 54.4 Å². The largest absolute Gasteiger partial charge is 0.471 e. The van der Waals surface area contributed by atoms with Crippen LogP contribution in [0, 0.1) is 5.92 Å². The van der Waals surface area contributed by atoms with Gasteiger partial charge in [0.05, 0.1) is 27.7 Å². The summed E-state index contributed by atoms with van der Waals surface area (Å²) in [7, 11) is -3.90. The summed E-state index contributed by atoms with van der Waals surface area (Å²) in [5, 5.41) is 5.16. The molecule has 3 aromatic rings. The number of thiophene rings is 1. The highest BCUT2D eigenvalue weighted by Gasteiger charge is 2.62. The number of rotatable bonds is 11. The average Bonchev–Trinajstić information content (AvgIpc) is 3.88. The Morgan fingerprint density at radius 2 is 1.75 bits per heavy atom. The van der Waals surface area contributed by atoms with Gasteiger partial charge in [-0.25, -0.2) is 38.4 Å². The van der Waals surface area contributed by atoms with Crippen molar-refractivity contribution >= 4 is 56.3 Å². The second kappa shape index (κ2) is 14.6. The van der Waals surface area contributed by atoms with E-state index in [4.69, 9.17) is 19.4 Å². The number of hydrazine groups is 1. The number of ether oxygens (including phenoxy) is 2. The molecule has 4 atom stereocenters. The number of para-hydroxylation sites is 2. The number of hydrogen-bond donors (Lipinski definition) is 3. The van der Waals surface area contributed by atoms with Gasteiger partial charge in [0.2, 0.25) is 21.8 Å². The molecule has 0 bridgehead atoms. The summed E-state index contributed by atoms with van der Waals surface area (Å²) in [6, 6.07) is 8.72. The van der Waals surface area contributed by atoms with E-state index in [1.165, 1.54) is 22.3 Å². The fourth-order valence-corrected chi connectivity index (χ4v) is 9.05. The molecule has 4 fully saturated rings. The molecular formula is C36H43N7O8S2. The van der Waals surface area contributed by atoms with Crippen LogP contribution in [0.5, 0.6) is 5.88 Å². The summed E-state index contributed by atoms with van der Waals surface area (Å²) in [6.07, 6.45) is 4.13. The molecule has 17 heteroatoms. The third-order valence-electron chi connectivity index (χ3n) is 10.1. The summed E-state index contributed by atoms with van der Waals surface area (Å²) >= 11 is 1.46. The van der Waals surface area contributed by atoms with Crippen LogP contribution in [0.2, 0.25) is 0 Å². The van der Waals surface area contributed by atoms with Crippen LogP contribution in [0.1, 0.15) is 65.2 Å². The van der Waals surface area contributed by atoms with Gasteiger partial charge in [-0.2, -0.15) is 0 Å². The van der Waals surface area contributed by atoms with Crippen molar-refractivity contribution in [3.8, 4) is 16.5 Å². The van der Waals surface area contributed by atoms with Crippen LogP contribution in [-0.4, -0.2) is 93.9 Å². The van der Waals surface area contributed by atoms with Crippen molar-refractivity contribution in [2.24, 2.45) is 5.92 Å². The lowest BCUT2D eigenvalue weighted by Gasteiger charge is -2.34. The molecule has 0 spiro atoms. The number of sulfonamides is 1. The quantitative estimate of drug-likeness (QED) is 0.188. The minimum absolute atomic E-state index is 0.00869. The highest BCUT2D eigenvalue weighted by Crippen LogP contribution is 2.45. The smallest absolute Gasteiger partial charge is 0.426 e. The molecule has 5 amide bonds. The Morgan fingerprint density at radius 1 is 1.04 bits per heavy atom. The van der Waals surface area contributed by atoms with Crippen molar-refractivity contribution in [1.82, 2.24) is 35.3 Å². The summed E-state index contributed by atoms with van der Waals surface area (Å²) in [6.45, 7) is 7.11. The zero-order valence-electron chi connectivity index (χ0n) is 29.5. The van der Waals surface area contributed by atoms with Crippen molar-refractivity contribution in [3.63, 3.8) is 0 Å². The SMILES string of the molecule is C=C[C@@H]1CC1(NC(=O)[C@@H]1CC(Oc2nc3ccccc3nc2-c2cccs2)CN1C(=O)N(NC(=O)OC1CCCC1)C(C)C)C(=O)NS(=O)(=O)C1CC1. The Bertz CT molecular complexity index is 2020. The lowest BCUT2D eigenvalue weighted by molar-refractivity contribution is -0.131. The molecule has 3 aliphatic carbocycles. The zero-order valence-corrected chi connectivity index (χ0v) is 31.2. The number of fused-ring (bicyclic) bond motifs is 1. The highest BCUT2D eigenvalue weighted by molar-refractivity contribution is 7.91. The van der Waals surface area contributed by atoms with Crippen LogP contribution >= 0.6 is 11.3 Å². The highest BCUT2D eigenvalue weighted by atomic mass is 32.2. The minimum Gasteiger partial charge on any atom is -0.471 e. The number of carbonyl (C=O) groups excluding carboxylic acids is 4. The lowest BCUT2D eigenvalue weighted by Crippen LogP contribution is -2.60. The molecular weight excluding hydrogens is 723 g/mol. The van der Waals surface area contributed by atoms with E-state index < -0.39 is 68.9 Å². The van der Waals surface area contributed by atoms with Gasteiger partial charge in [-0.05, 0) is 82.4 Å². The predicted molar refractivity (Wildman–Crippen MR) is 196 cm³/mol. The van der Waals surface area contributed by atoms with Gasteiger partial charge in [-0.1, -0.05) is 24.3 Å². The van der Waals surface area contributed by atoms with Crippen LogP contribution in [0.3, 0.4) is 0 Å². The summed E-state index contributed by atoms with van der Waals surface area (Å²) in [5.74, 6) is -1.84. The van der Waals surface area contributed by atoms with Gasteiger partial charge in [-0.15, -0.1) is 17.9 Å². The first-order chi connectivity index (χ1) is 25.4. The first-order valence-corrected chi connectivity index (χ1v) is 20.4. The van der Waals surface area contributed by atoms with Crippen molar-refractivity contribution < 1.29 is 37.1 Å². The summed E-state index contributed by atoms with van der Waals surface area (Å²) in [5.41, 5.74) is 2.77. The van der Waals surface area contributed by atoms with Crippen molar-refractivity contribution in [1.29, 1.82) is 0 Å². The molecule has 4 aliphatic rings. The molecule has 53 heavy (non-hydrogen) atoms. The van der Waals surface area contributed by atoms with Crippen LogP contribution in [-0.2, 0) is 24.3 Å². The van der Waals surface area contributed by atoms with E-state index in [1.54, 1.807) is 13.8 Å². The van der Waals surface area contributed by atoms with Crippen LogP contribution < -0.4 is 20.2 Å². The van der Waals surface area contributed by atoms with Gasteiger partial charge in [-0.3, -0.25) is 14.3 Å². The summed E-state index contributed by atoms with van der Waals surface area (Å²) < 4.78 is 39.6. The molecule has 1 aromatic carbocycles. The Kier molecular flexibility index (Phi) is 10.1. The first-order valence-electron chi connectivity index (χ1n) is 17.9. The molecule has 2 aromatic heterocycles. The van der Waals surface area contributed by atoms with Gasteiger partial charge >= 0.3 is 12.1 Å². The normalized spacial score (nSPS) is 24.1. The van der Waals surface area contributed by atoms with E-state index in [0.29, 0.717) is 29.6 Å². The fraction of sp³-hybridized carbons (Fsp3) is 0.500. The van der Waals surface area contributed by atoms with E-state index in [-0.39, 0.29) is 31.4 Å². The zero-order chi connectivity index (χ0) is 37.5. The number of urea groups is 1. The number of likely N-dealkylation sites (tertiary alicyclic amines) is 1. The van der Waals surface area contributed by atoms with Gasteiger partial charge in [0.15, 0.2) is 0 Å². The molecule has 1 saturated heterocycles. The van der Waals surface area contributed by atoms with Crippen LogP contribution in [0.15, 0.2) is 54.4 Å². The fourth-order valence-electron chi connectivity index (χ4n) is 6.98. The maximum absolute atomic E-state index is 14.4. The molecule has 3 saturated carbocycles. The Hall–Kier alpha value is -4.77. The maximum atomic E-state index is 14.4. The van der Waals surface area contributed by atoms with Crippen LogP contribution in [0.25, 0.3) is 21.6 Å². The first kappa shape index (κ1) is 36.6. The molecule has 7 rings (SSSR count). The Morgan fingerprint density at radius 3 is 2.38 bits per heavy atom. The third kappa shape index (κ3) is 7.67. The lowest BCUT2D eigenvalue weighted by atomic mass is 10.1. The standard InChI is InChI=1S/C36H43N7O8S2/c1-4-22-19-36(22,33(45)41-53(48,49)25-15-16-25)39-31(44)28-18-24(20-42(28)35(47)43(21(2)3)40-34(46)51-23-10-5-6-11-23)50-32-30(29-14-9-17-52-29)37-26-12-7-8-13-27(26)38-32/h4,7-9,12-14,17,21-25,28H,1,5-6,10-11,15-16,18-20H2,2-3H3,(H,39,44)(H,40,46)(H,41,45)/t22-,24?,28+,36?/m1/s1. The van der Waals surface area contributed by atoms with E-state index in [0.717, 1.165) is 35.6 Å². The number of amides is 5. The molecule has 2 unspecified atom stereocenters. The predicted octanol–water partition coefficient (Wildman–Crippen LogP) is 4.26. The Balaban J connectivity index is 1.17. The summed E-state index contributed by atoms with van der Waals surface area (Å²) in [4.78, 5) is 66.8. The second-order valence-corrected chi connectivity index (χ2v) is 17.2. The van der Waals surface area contributed by atoms with E-state index in [2.05, 4.69) is 22.0 Å². The Labute approximate surface area is 311 Å². The molecule has 15 nitrogen and oxygen atoms in total. The number of hydrogen-bond acceptors (Lipinski definition) is 11. The van der Waals surface area contributed by atoms with E-state index >= 15 is 0 Å².